The Morgan fingerprint density at radius 2 is 0.854 bits per heavy atom. The first kappa shape index (κ1) is 27.9. The van der Waals surface area contributed by atoms with Gasteiger partial charge in [-0.15, -0.1) is 0 Å². The molecule has 0 unspecified atom stereocenters. The molecule has 0 saturated heterocycles. The summed E-state index contributed by atoms with van der Waals surface area (Å²) in [6.07, 6.45) is 0. The van der Waals surface area contributed by atoms with Gasteiger partial charge in [0.15, 0.2) is 0 Å². The molecule has 0 atom stereocenters. The van der Waals surface area contributed by atoms with Crippen molar-refractivity contribution in [1.29, 1.82) is 0 Å². The Labute approximate surface area is 280 Å². The van der Waals surface area contributed by atoms with E-state index in [0.29, 0.717) is 0 Å². The lowest BCUT2D eigenvalue weighted by Crippen LogP contribution is -1.94. The first-order valence-corrected chi connectivity index (χ1v) is 16.4. The van der Waals surface area contributed by atoms with Gasteiger partial charge in [0, 0.05) is 27.8 Å². The lowest BCUT2D eigenvalue weighted by Gasteiger charge is -2.13. The van der Waals surface area contributed by atoms with Crippen LogP contribution in [0.25, 0.3) is 71.6 Å². The van der Waals surface area contributed by atoms with E-state index in [1.54, 1.807) is 0 Å². The van der Waals surface area contributed by atoms with Gasteiger partial charge in [0.05, 0.1) is 11.0 Å². The molecular formula is C46H32N2. The molecule has 2 heteroatoms. The first-order valence-electron chi connectivity index (χ1n) is 16.4. The third-order valence-electron chi connectivity index (χ3n) is 9.40. The van der Waals surface area contributed by atoms with E-state index in [1.807, 2.05) is 6.07 Å². The zero-order valence-electron chi connectivity index (χ0n) is 26.3. The van der Waals surface area contributed by atoms with Gasteiger partial charge in [0.1, 0.15) is 0 Å². The molecule has 1 N–H and O–H groups in total. The van der Waals surface area contributed by atoms with Crippen LogP contribution in [-0.2, 0) is 0 Å². The molecular weight excluding hydrogens is 581 g/mol. The fourth-order valence-corrected chi connectivity index (χ4v) is 7.07. The van der Waals surface area contributed by atoms with E-state index >= 15 is 0 Å². The lowest BCUT2D eigenvalue weighted by molar-refractivity contribution is 1.18. The molecule has 0 spiro atoms. The van der Waals surface area contributed by atoms with Gasteiger partial charge in [-0.1, -0.05) is 140 Å². The predicted octanol–water partition coefficient (Wildman–Crippen LogP) is 12.7. The number of fused-ring (bicyclic) bond motifs is 5. The van der Waals surface area contributed by atoms with E-state index in [9.17, 15) is 0 Å². The Bertz CT molecular complexity index is 2540. The van der Waals surface area contributed by atoms with Gasteiger partial charge >= 0.3 is 0 Å². The van der Waals surface area contributed by atoms with Crippen molar-refractivity contribution in [2.45, 2.75) is 0 Å². The van der Waals surface area contributed by atoms with Crippen molar-refractivity contribution in [3.8, 4) is 39.1 Å². The van der Waals surface area contributed by atoms with Gasteiger partial charge in [-0.05, 0) is 92.7 Å². The van der Waals surface area contributed by atoms with Gasteiger partial charge in [-0.25, -0.2) is 0 Å². The quantitative estimate of drug-likeness (QED) is 0.198. The van der Waals surface area contributed by atoms with Crippen LogP contribution in [0.3, 0.4) is 0 Å². The fourth-order valence-electron chi connectivity index (χ4n) is 7.07. The van der Waals surface area contributed by atoms with Crippen LogP contribution >= 0.6 is 0 Å². The number of rotatable bonds is 6. The third kappa shape index (κ3) is 4.92. The fraction of sp³-hybridized carbons (Fsp3) is 0. The maximum Gasteiger partial charge on any atom is 0.0547 e. The number of hydrogen-bond acceptors (Lipinski definition) is 1. The second-order valence-corrected chi connectivity index (χ2v) is 12.3. The lowest BCUT2D eigenvalue weighted by atomic mass is 9.94. The monoisotopic (exact) mass is 612 g/mol. The molecule has 48 heavy (non-hydrogen) atoms. The van der Waals surface area contributed by atoms with E-state index in [1.165, 1.54) is 66.0 Å². The summed E-state index contributed by atoms with van der Waals surface area (Å²) in [4.78, 5) is 0. The average molecular weight is 613 g/mol. The maximum atomic E-state index is 3.56. The van der Waals surface area contributed by atoms with Crippen molar-refractivity contribution >= 4 is 44.0 Å². The normalized spacial score (nSPS) is 11.3. The molecule has 0 fully saturated rings. The van der Waals surface area contributed by atoms with Crippen molar-refractivity contribution < 1.29 is 0 Å². The molecule has 2 nitrogen and oxygen atoms in total. The molecule has 0 radical (unpaired) electrons. The average Bonchev–Trinajstić information content (AvgIpc) is 3.51. The van der Waals surface area contributed by atoms with Gasteiger partial charge in [-0.3, -0.25) is 0 Å². The van der Waals surface area contributed by atoms with Crippen LogP contribution in [0, 0.1) is 0 Å². The molecule has 226 valence electrons. The highest BCUT2D eigenvalue weighted by Crippen LogP contribution is 2.38. The van der Waals surface area contributed by atoms with E-state index < -0.39 is 0 Å². The first-order chi connectivity index (χ1) is 23.8. The van der Waals surface area contributed by atoms with E-state index in [4.69, 9.17) is 0 Å². The molecule has 0 bridgehead atoms. The molecule has 9 aromatic rings. The number of hydrogen-bond donors (Lipinski definition) is 1. The minimum atomic E-state index is 1.06. The number of aromatic nitrogens is 1. The number of nitrogens with zero attached hydrogens (tertiary/aromatic N) is 1. The zero-order valence-corrected chi connectivity index (χ0v) is 26.3. The molecule has 0 amide bonds. The van der Waals surface area contributed by atoms with Crippen LogP contribution in [0.1, 0.15) is 0 Å². The molecule has 0 aliphatic carbocycles. The van der Waals surface area contributed by atoms with Crippen molar-refractivity contribution in [3.63, 3.8) is 0 Å². The highest BCUT2D eigenvalue weighted by atomic mass is 15.0. The van der Waals surface area contributed by atoms with Crippen molar-refractivity contribution in [2.75, 3.05) is 5.32 Å². The smallest absolute Gasteiger partial charge is 0.0547 e. The molecule has 8 aromatic carbocycles. The molecule has 1 heterocycles. The van der Waals surface area contributed by atoms with Gasteiger partial charge in [0.2, 0.25) is 0 Å². The number of nitrogens with one attached hydrogen (secondary N) is 1. The highest BCUT2D eigenvalue weighted by molar-refractivity contribution is 6.21. The van der Waals surface area contributed by atoms with E-state index in [-0.39, 0.29) is 0 Å². The predicted molar refractivity (Wildman–Crippen MR) is 204 cm³/mol. The Morgan fingerprint density at radius 1 is 0.333 bits per heavy atom. The topological polar surface area (TPSA) is 17.0 Å². The Morgan fingerprint density at radius 3 is 1.54 bits per heavy atom. The SMILES string of the molecule is c1ccc(-c2ccc(Nc3ccc(-c4ccccc4-c4ccc(-n5c6ccccc6c6c7ccccc7ccc65)cc4)cc3)cc2)cc1. The number of anilines is 2. The summed E-state index contributed by atoms with van der Waals surface area (Å²) in [6.45, 7) is 0. The summed E-state index contributed by atoms with van der Waals surface area (Å²) >= 11 is 0. The van der Waals surface area contributed by atoms with Crippen LogP contribution in [0.4, 0.5) is 11.4 Å². The maximum absolute atomic E-state index is 3.56. The van der Waals surface area contributed by atoms with E-state index in [2.05, 4.69) is 192 Å². The summed E-state index contributed by atoms with van der Waals surface area (Å²) in [5, 5.41) is 8.70. The minimum Gasteiger partial charge on any atom is -0.356 e. The number of para-hydroxylation sites is 1. The van der Waals surface area contributed by atoms with Crippen LogP contribution in [0.15, 0.2) is 188 Å². The van der Waals surface area contributed by atoms with Crippen molar-refractivity contribution in [1.82, 2.24) is 4.57 Å². The van der Waals surface area contributed by atoms with E-state index in [0.717, 1.165) is 17.1 Å². The molecule has 9 rings (SSSR count). The Kier molecular flexibility index (Phi) is 6.84. The van der Waals surface area contributed by atoms with Gasteiger partial charge in [-0.2, -0.15) is 0 Å². The molecule has 1 aromatic heterocycles. The third-order valence-corrected chi connectivity index (χ3v) is 9.40. The van der Waals surface area contributed by atoms with Crippen LogP contribution in [-0.4, -0.2) is 4.57 Å². The largest absolute Gasteiger partial charge is 0.356 e. The summed E-state index contributed by atoms with van der Waals surface area (Å²) < 4.78 is 2.40. The van der Waals surface area contributed by atoms with Crippen LogP contribution < -0.4 is 5.32 Å². The van der Waals surface area contributed by atoms with Gasteiger partial charge in [0.25, 0.3) is 0 Å². The Hall–Kier alpha value is -6.38. The number of benzene rings is 8. The van der Waals surface area contributed by atoms with Crippen molar-refractivity contribution in [3.05, 3.63) is 188 Å². The van der Waals surface area contributed by atoms with Crippen molar-refractivity contribution in [2.24, 2.45) is 0 Å². The molecule has 0 saturated carbocycles. The summed E-state index contributed by atoms with van der Waals surface area (Å²) in [6, 6.07) is 67.4. The minimum absolute atomic E-state index is 1.06. The van der Waals surface area contributed by atoms with Crippen LogP contribution in [0.5, 0.6) is 0 Å². The molecule has 0 aliphatic rings. The second kappa shape index (κ2) is 11.8. The molecule has 0 aliphatic heterocycles. The second-order valence-electron chi connectivity index (χ2n) is 12.3. The zero-order chi connectivity index (χ0) is 31.9. The summed E-state index contributed by atoms with van der Waals surface area (Å²) in [7, 11) is 0. The standard InChI is InChI=1S/C46H32N2/c1-2-10-32(11-3-1)33-18-25-37(26-19-33)47-38-27-20-35(21-28-38)40-13-6-7-14-41(40)36-22-29-39(30-23-36)48-44-17-9-8-16-43(44)46-42-15-5-4-12-34(42)24-31-45(46)48/h1-31,47H. The Balaban J connectivity index is 1.02. The summed E-state index contributed by atoms with van der Waals surface area (Å²) in [5.41, 5.74) is 13.0. The van der Waals surface area contributed by atoms with Crippen LogP contribution in [0.2, 0.25) is 0 Å². The summed E-state index contributed by atoms with van der Waals surface area (Å²) in [5.74, 6) is 0. The highest BCUT2D eigenvalue weighted by Gasteiger charge is 2.15. The van der Waals surface area contributed by atoms with Gasteiger partial charge < -0.3 is 9.88 Å².